The zero-order valence-electron chi connectivity index (χ0n) is 15.5. The topological polar surface area (TPSA) is 61.8 Å². The Labute approximate surface area is 159 Å². The van der Waals surface area contributed by atoms with Gasteiger partial charge in [-0.15, -0.1) is 0 Å². The summed E-state index contributed by atoms with van der Waals surface area (Å²) in [6.07, 6.45) is 1.11. The molecule has 2 heterocycles. The molecule has 0 aromatic heterocycles. The number of halogens is 2. The summed E-state index contributed by atoms with van der Waals surface area (Å²) in [6, 6.07) is 2.29. The lowest BCUT2D eigenvalue weighted by Gasteiger charge is -2.32. The number of aliphatic imine (C=N–C) groups is 1. The predicted molar refractivity (Wildman–Crippen MR) is 102 cm³/mol. The van der Waals surface area contributed by atoms with Crippen molar-refractivity contribution in [2.75, 3.05) is 31.1 Å². The maximum atomic E-state index is 14.0. The molecule has 0 saturated carbocycles. The van der Waals surface area contributed by atoms with Crippen LogP contribution in [-0.2, 0) is 22.8 Å². The number of hydrogen-bond acceptors (Lipinski definition) is 3. The number of nitrogens with one attached hydrogen (secondary N) is 1. The van der Waals surface area contributed by atoms with Crippen LogP contribution < -0.4 is 5.32 Å². The Morgan fingerprint density at radius 3 is 2.85 bits per heavy atom. The van der Waals surface area contributed by atoms with Gasteiger partial charge in [0.15, 0.2) is 15.8 Å². The van der Waals surface area contributed by atoms with E-state index in [1.54, 1.807) is 0 Å². The molecule has 8 heteroatoms. The van der Waals surface area contributed by atoms with E-state index in [1.807, 2.05) is 11.8 Å². The van der Waals surface area contributed by atoms with Crippen molar-refractivity contribution < 1.29 is 17.2 Å². The standard InChI is InChI=1S/C19H25F2N3O2S/c1-13(2)9-22-19(23-10-14-4-6-27(25,26)12-14)24-5-3-17-15(11-24)7-16(20)8-18(17)21/h7-8,14H,1,3-6,9-12H2,2H3,(H,22,23). The van der Waals surface area contributed by atoms with Crippen LogP contribution in [0, 0.1) is 17.6 Å². The molecular weight excluding hydrogens is 372 g/mol. The fourth-order valence-corrected chi connectivity index (χ4v) is 5.40. The molecule has 1 unspecified atom stereocenters. The highest BCUT2D eigenvalue weighted by molar-refractivity contribution is 7.91. The van der Waals surface area contributed by atoms with E-state index in [1.165, 1.54) is 6.07 Å². The lowest BCUT2D eigenvalue weighted by Crippen LogP contribution is -2.46. The first-order chi connectivity index (χ1) is 12.7. The van der Waals surface area contributed by atoms with Crippen molar-refractivity contribution in [2.24, 2.45) is 10.9 Å². The molecule has 3 rings (SSSR count). The molecule has 1 aromatic rings. The van der Waals surface area contributed by atoms with Gasteiger partial charge in [0, 0.05) is 25.7 Å². The number of guanidine groups is 1. The first-order valence-electron chi connectivity index (χ1n) is 9.08. The number of hydrogen-bond donors (Lipinski definition) is 1. The van der Waals surface area contributed by atoms with Crippen LogP contribution in [0.2, 0.25) is 0 Å². The van der Waals surface area contributed by atoms with Crippen molar-refractivity contribution in [3.05, 3.63) is 47.0 Å². The second-order valence-corrected chi connectivity index (χ2v) is 9.67. The number of benzene rings is 1. The number of rotatable bonds is 4. The quantitative estimate of drug-likeness (QED) is 0.481. The van der Waals surface area contributed by atoms with Gasteiger partial charge in [0.05, 0.1) is 18.1 Å². The van der Waals surface area contributed by atoms with Gasteiger partial charge in [-0.1, -0.05) is 12.2 Å². The Morgan fingerprint density at radius 2 is 2.19 bits per heavy atom. The van der Waals surface area contributed by atoms with Crippen molar-refractivity contribution in [2.45, 2.75) is 26.3 Å². The van der Waals surface area contributed by atoms with Crippen LogP contribution in [0.15, 0.2) is 29.3 Å². The van der Waals surface area contributed by atoms with Gasteiger partial charge in [-0.2, -0.15) is 0 Å². The average molecular weight is 397 g/mol. The third kappa shape index (κ3) is 5.06. The molecular formula is C19H25F2N3O2S. The molecule has 27 heavy (non-hydrogen) atoms. The molecule has 2 aliphatic rings. The minimum absolute atomic E-state index is 0.0528. The van der Waals surface area contributed by atoms with Gasteiger partial charge in [0.2, 0.25) is 0 Å². The number of sulfone groups is 1. The molecule has 0 aliphatic carbocycles. The summed E-state index contributed by atoms with van der Waals surface area (Å²) in [4.78, 5) is 6.51. The second kappa shape index (κ2) is 7.96. The Bertz CT molecular complexity index is 868. The van der Waals surface area contributed by atoms with Crippen LogP contribution in [0.4, 0.5) is 8.78 Å². The SMILES string of the molecule is C=C(C)CN=C(NCC1CCS(=O)(=O)C1)N1CCc2c(F)cc(F)cc2C1. The third-order valence-electron chi connectivity index (χ3n) is 4.92. The monoisotopic (exact) mass is 397 g/mol. The highest BCUT2D eigenvalue weighted by Crippen LogP contribution is 2.23. The summed E-state index contributed by atoms with van der Waals surface area (Å²) >= 11 is 0. The maximum Gasteiger partial charge on any atom is 0.194 e. The largest absolute Gasteiger partial charge is 0.356 e. The van der Waals surface area contributed by atoms with Crippen molar-refractivity contribution in [3.8, 4) is 0 Å². The maximum absolute atomic E-state index is 14.0. The van der Waals surface area contributed by atoms with Gasteiger partial charge < -0.3 is 10.2 Å². The predicted octanol–water partition coefficient (Wildman–Crippen LogP) is 2.28. The van der Waals surface area contributed by atoms with E-state index in [4.69, 9.17) is 0 Å². The van der Waals surface area contributed by atoms with E-state index in [9.17, 15) is 17.2 Å². The molecule has 1 saturated heterocycles. The average Bonchev–Trinajstić information content (AvgIpc) is 2.93. The second-order valence-electron chi connectivity index (χ2n) is 7.44. The zero-order chi connectivity index (χ0) is 19.6. The Balaban J connectivity index is 1.73. The van der Waals surface area contributed by atoms with Crippen LogP contribution in [0.25, 0.3) is 0 Å². The summed E-state index contributed by atoms with van der Waals surface area (Å²) in [5.74, 6) is 0.00160. The molecule has 5 nitrogen and oxygen atoms in total. The van der Waals surface area contributed by atoms with Gasteiger partial charge in [-0.25, -0.2) is 22.2 Å². The lowest BCUT2D eigenvalue weighted by molar-refractivity contribution is 0.366. The van der Waals surface area contributed by atoms with Gasteiger partial charge in [0.25, 0.3) is 0 Å². The molecule has 1 N–H and O–H groups in total. The molecule has 148 valence electrons. The van der Waals surface area contributed by atoms with Crippen LogP contribution in [-0.4, -0.2) is 50.4 Å². The number of nitrogens with zero attached hydrogens (tertiary/aromatic N) is 2. The van der Waals surface area contributed by atoms with Gasteiger partial charge in [0.1, 0.15) is 11.6 Å². The summed E-state index contributed by atoms with van der Waals surface area (Å²) in [5, 5.41) is 3.27. The van der Waals surface area contributed by atoms with Crippen LogP contribution in [0.1, 0.15) is 24.5 Å². The molecule has 2 aliphatic heterocycles. The first kappa shape index (κ1) is 19.8. The molecule has 1 aromatic carbocycles. The molecule has 0 amide bonds. The van der Waals surface area contributed by atoms with Crippen molar-refractivity contribution >= 4 is 15.8 Å². The molecule has 0 spiro atoms. The van der Waals surface area contributed by atoms with Crippen molar-refractivity contribution in [1.82, 2.24) is 10.2 Å². The smallest absolute Gasteiger partial charge is 0.194 e. The highest BCUT2D eigenvalue weighted by Gasteiger charge is 2.29. The van der Waals surface area contributed by atoms with E-state index < -0.39 is 21.5 Å². The van der Waals surface area contributed by atoms with Gasteiger partial charge >= 0.3 is 0 Å². The van der Waals surface area contributed by atoms with E-state index >= 15 is 0 Å². The van der Waals surface area contributed by atoms with Gasteiger partial charge in [-0.05, 0) is 42.9 Å². The fraction of sp³-hybridized carbons (Fsp3) is 0.526. The summed E-state index contributed by atoms with van der Waals surface area (Å²) < 4.78 is 50.9. The third-order valence-corrected chi connectivity index (χ3v) is 6.76. The van der Waals surface area contributed by atoms with Crippen LogP contribution in [0.3, 0.4) is 0 Å². The van der Waals surface area contributed by atoms with Crippen LogP contribution >= 0.6 is 0 Å². The van der Waals surface area contributed by atoms with E-state index in [0.29, 0.717) is 56.1 Å². The molecule has 0 bridgehead atoms. The summed E-state index contributed by atoms with van der Waals surface area (Å²) in [6.45, 7) is 7.59. The molecule has 1 fully saturated rings. The minimum Gasteiger partial charge on any atom is -0.356 e. The van der Waals surface area contributed by atoms with E-state index in [2.05, 4.69) is 16.9 Å². The molecule has 1 atom stereocenters. The number of fused-ring (bicyclic) bond motifs is 1. The highest BCUT2D eigenvalue weighted by atomic mass is 32.2. The zero-order valence-corrected chi connectivity index (χ0v) is 16.3. The Kier molecular flexibility index (Phi) is 5.83. The minimum atomic E-state index is -2.93. The van der Waals surface area contributed by atoms with Crippen LogP contribution in [0.5, 0.6) is 0 Å². The van der Waals surface area contributed by atoms with E-state index in [0.717, 1.165) is 11.6 Å². The lowest BCUT2D eigenvalue weighted by atomic mass is 9.99. The van der Waals surface area contributed by atoms with Gasteiger partial charge in [-0.3, -0.25) is 0 Å². The Hall–Kier alpha value is -1.96. The summed E-state index contributed by atoms with van der Waals surface area (Å²) in [5.41, 5.74) is 2.06. The fourth-order valence-electron chi connectivity index (χ4n) is 3.54. The normalized spacial score (nSPS) is 21.8. The molecule has 0 radical (unpaired) electrons. The van der Waals surface area contributed by atoms with Crippen molar-refractivity contribution in [1.29, 1.82) is 0 Å². The summed E-state index contributed by atoms with van der Waals surface area (Å²) in [7, 11) is -2.93. The van der Waals surface area contributed by atoms with E-state index in [-0.39, 0.29) is 17.4 Å². The first-order valence-corrected chi connectivity index (χ1v) is 10.9. The Morgan fingerprint density at radius 1 is 1.41 bits per heavy atom. The van der Waals surface area contributed by atoms with Crippen molar-refractivity contribution in [3.63, 3.8) is 0 Å².